The Morgan fingerprint density at radius 2 is 2.12 bits per heavy atom. The first-order chi connectivity index (χ1) is 16.2. The average Bonchev–Trinajstić information content (AvgIpc) is 3.17. The van der Waals surface area contributed by atoms with Gasteiger partial charge >= 0.3 is 11.8 Å². The predicted molar refractivity (Wildman–Crippen MR) is 125 cm³/mol. The number of terminal acetylenes is 1. The molecule has 1 aliphatic rings. The number of thioether (sulfide) groups is 1. The van der Waals surface area contributed by atoms with Crippen molar-refractivity contribution in [2.75, 3.05) is 25.4 Å². The molecule has 0 saturated carbocycles. The number of carbonyl (C=O) groups excluding carboxylic acids is 1. The maximum atomic E-state index is 13.6. The number of aromatic amines is 1. The number of aromatic nitrogens is 4. The van der Waals surface area contributed by atoms with E-state index in [1.807, 2.05) is 0 Å². The van der Waals surface area contributed by atoms with Crippen LogP contribution in [0.15, 0.2) is 34.2 Å². The van der Waals surface area contributed by atoms with Crippen molar-refractivity contribution in [2.24, 2.45) is 0 Å². The first-order valence-electron chi connectivity index (χ1n) is 10.6. The van der Waals surface area contributed by atoms with Gasteiger partial charge in [-0.1, -0.05) is 29.8 Å². The monoisotopic (exact) mass is 485 g/mol. The van der Waals surface area contributed by atoms with Crippen LogP contribution in [0.1, 0.15) is 32.6 Å². The summed E-state index contributed by atoms with van der Waals surface area (Å²) < 4.78 is 26.2. The molecular weight excluding hydrogens is 461 g/mol. The fraction of sp³-hybridized carbons (Fsp3) is 0.391. The molecule has 1 aromatic carbocycles. The summed E-state index contributed by atoms with van der Waals surface area (Å²) in [6.45, 7) is 6.18. The summed E-state index contributed by atoms with van der Waals surface area (Å²) in [5, 5.41) is 4.83. The third-order valence-corrected chi connectivity index (χ3v) is 5.73. The average molecular weight is 486 g/mol. The van der Waals surface area contributed by atoms with Gasteiger partial charge in [0.25, 0.3) is 0 Å². The zero-order valence-corrected chi connectivity index (χ0v) is 19.8. The third-order valence-electron chi connectivity index (χ3n) is 4.95. The first kappa shape index (κ1) is 23.8. The molecular formula is C23H24FN5O4S. The number of ether oxygens (including phenoxy) is 2. The van der Waals surface area contributed by atoms with E-state index >= 15 is 0 Å². The van der Waals surface area contributed by atoms with E-state index in [1.165, 1.54) is 23.9 Å². The summed E-state index contributed by atoms with van der Waals surface area (Å²) in [5.74, 6) is 2.41. The zero-order valence-electron chi connectivity index (χ0n) is 19.0. The number of hydrogen-bond acceptors (Lipinski definition) is 7. The molecule has 34 heavy (non-hydrogen) atoms. The smallest absolute Gasteiger partial charge is 0.410 e. The lowest BCUT2D eigenvalue weighted by molar-refractivity contribution is -0.0446. The van der Waals surface area contributed by atoms with Crippen LogP contribution in [0.3, 0.4) is 0 Å². The van der Waals surface area contributed by atoms with Gasteiger partial charge in [-0.15, -0.1) is 6.42 Å². The van der Waals surface area contributed by atoms with Crippen molar-refractivity contribution in [2.45, 2.75) is 37.6 Å². The van der Waals surface area contributed by atoms with Gasteiger partial charge in [0, 0.05) is 6.54 Å². The number of H-pyrrole nitrogens is 1. The Kier molecular flexibility index (Phi) is 6.63. The lowest BCUT2D eigenvalue weighted by atomic mass is 10.0. The SMILES string of the molecule is C#CCSc1nc2c(-c3ccc(F)cc3)c(C3CN(C(=O)OC(C)(C)C)CCO3)nn2c(=O)[nH]1. The number of carbonyl (C=O) groups is 1. The number of morpholine rings is 1. The van der Waals surface area contributed by atoms with Crippen molar-refractivity contribution in [3.05, 3.63) is 46.3 Å². The molecule has 3 heterocycles. The van der Waals surface area contributed by atoms with Crippen molar-refractivity contribution in [3.63, 3.8) is 0 Å². The molecule has 1 saturated heterocycles. The highest BCUT2D eigenvalue weighted by atomic mass is 32.2. The number of nitrogens with zero attached hydrogens (tertiary/aromatic N) is 4. The second-order valence-corrected chi connectivity index (χ2v) is 9.59. The van der Waals surface area contributed by atoms with E-state index in [2.05, 4.69) is 21.0 Å². The van der Waals surface area contributed by atoms with Gasteiger partial charge in [0.1, 0.15) is 23.2 Å². The van der Waals surface area contributed by atoms with Crippen LogP contribution in [0.4, 0.5) is 9.18 Å². The minimum atomic E-state index is -0.649. The number of amides is 1. The van der Waals surface area contributed by atoms with Crippen LogP contribution >= 0.6 is 11.8 Å². The molecule has 1 N–H and O–H groups in total. The lowest BCUT2D eigenvalue weighted by Gasteiger charge is -2.33. The molecule has 1 unspecified atom stereocenters. The summed E-state index contributed by atoms with van der Waals surface area (Å²) in [6.07, 6.45) is 4.23. The van der Waals surface area contributed by atoms with Crippen LogP contribution in [0, 0.1) is 18.2 Å². The summed E-state index contributed by atoms with van der Waals surface area (Å²) in [5.41, 5.74) is 0.676. The Labute approximate surface area is 199 Å². The summed E-state index contributed by atoms with van der Waals surface area (Å²) in [7, 11) is 0. The van der Waals surface area contributed by atoms with E-state index in [0.717, 1.165) is 4.52 Å². The minimum absolute atomic E-state index is 0.170. The molecule has 0 aliphatic carbocycles. The molecule has 178 valence electrons. The minimum Gasteiger partial charge on any atom is -0.444 e. The van der Waals surface area contributed by atoms with Gasteiger partial charge < -0.3 is 14.4 Å². The summed E-state index contributed by atoms with van der Waals surface area (Å²) in [4.78, 5) is 34.2. The maximum Gasteiger partial charge on any atom is 0.410 e. The summed E-state index contributed by atoms with van der Waals surface area (Å²) in [6, 6.07) is 5.81. The summed E-state index contributed by atoms with van der Waals surface area (Å²) >= 11 is 1.21. The molecule has 2 aromatic heterocycles. The van der Waals surface area contributed by atoms with E-state index in [1.54, 1.807) is 37.8 Å². The molecule has 1 amide bonds. The van der Waals surface area contributed by atoms with Crippen molar-refractivity contribution in [3.8, 4) is 23.5 Å². The maximum absolute atomic E-state index is 13.6. The normalized spacial score (nSPS) is 16.4. The number of hydrogen-bond donors (Lipinski definition) is 1. The molecule has 4 rings (SSSR count). The van der Waals surface area contributed by atoms with Crippen LogP contribution in [0.5, 0.6) is 0 Å². The van der Waals surface area contributed by atoms with Gasteiger partial charge in [-0.2, -0.15) is 9.61 Å². The zero-order chi connectivity index (χ0) is 24.5. The molecule has 1 atom stereocenters. The Hall–Kier alpha value is -3.36. The van der Waals surface area contributed by atoms with E-state index in [9.17, 15) is 14.0 Å². The number of benzene rings is 1. The van der Waals surface area contributed by atoms with Crippen LogP contribution in [0.2, 0.25) is 0 Å². The standard InChI is InChI=1S/C23H24FN5O4S/c1-5-12-34-20-25-19-17(14-6-8-15(24)9-7-14)18(27-29(19)21(30)26-20)16-13-28(10-11-32-16)22(31)33-23(2,3)4/h1,6-9,16H,10-13H2,2-4H3,(H,25,26,30). The predicted octanol–water partition coefficient (Wildman–Crippen LogP) is 3.26. The van der Waals surface area contributed by atoms with Crippen molar-refractivity contribution >= 4 is 23.5 Å². The second-order valence-electron chi connectivity index (χ2n) is 8.63. The van der Waals surface area contributed by atoms with Crippen molar-refractivity contribution in [1.82, 2.24) is 24.5 Å². The quantitative estimate of drug-likeness (QED) is 0.447. The number of nitrogens with one attached hydrogen (secondary N) is 1. The Morgan fingerprint density at radius 1 is 1.38 bits per heavy atom. The molecule has 0 spiro atoms. The van der Waals surface area contributed by atoms with Crippen LogP contribution < -0.4 is 5.69 Å². The van der Waals surface area contributed by atoms with Gasteiger partial charge in [0.05, 0.1) is 24.5 Å². The first-order valence-corrected chi connectivity index (χ1v) is 11.6. The highest BCUT2D eigenvalue weighted by molar-refractivity contribution is 7.99. The van der Waals surface area contributed by atoms with Crippen LogP contribution in [-0.2, 0) is 9.47 Å². The Balaban J connectivity index is 1.80. The largest absolute Gasteiger partial charge is 0.444 e. The number of rotatable bonds is 4. The highest BCUT2D eigenvalue weighted by Gasteiger charge is 2.33. The molecule has 0 bridgehead atoms. The number of fused-ring (bicyclic) bond motifs is 1. The molecule has 1 fully saturated rings. The van der Waals surface area contributed by atoms with Gasteiger partial charge in [-0.25, -0.2) is 19.0 Å². The topological polar surface area (TPSA) is 102 Å². The van der Waals surface area contributed by atoms with Gasteiger partial charge in [0.2, 0.25) is 0 Å². The second kappa shape index (κ2) is 9.48. The third kappa shape index (κ3) is 5.08. The Bertz CT molecular complexity index is 1310. The molecule has 11 heteroatoms. The van der Waals surface area contributed by atoms with E-state index < -0.39 is 29.3 Å². The van der Waals surface area contributed by atoms with Crippen molar-refractivity contribution < 1.29 is 18.7 Å². The molecule has 1 aliphatic heterocycles. The van der Waals surface area contributed by atoms with Gasteiger partial charge in [-0.3, -0.25) is 4.98 Å². The van der Waals surface area contributed by atoms with Gasteiger partial charge in [0.15, 0.2) is 10.8 Å². The van der Waals surface area contributed by atoms with E-state index in [0.29, 0.717) is 34.3 Å². The van der Waals surface area contributed by atoms with Crippen LogP contribution in [0.25, 0.3) is 16.8 Å². The van der Waals surface area contributed by atoms with E-state index in [4.69, 9.17) is 15.9 Å². The van der Waals surface area contributed by atoms with Crippen molar-refractivity contribution in [1.29, 1.82) is 0 Å². The van der Waals surface area contributed by atoms with E-state index in [-0.39, 0.29) is 18.8 Å². The highest BCUT2D eigenvalue weighted by Crippen LogP contribution is 2.34. The fourth-order valence-electron chi connectivity index (χ4n) is 3.54. The fourth-order valence-corrected chi connectivity index (χ4v) is 4.07. The lowest BCUT2D eigenvalue weighted by Crippen LogP contribution is -2.44. The molecule has 0 radical (unpaired) electrons. The molecule has 3 aromatic rings. The van der Waals surface area contributed by atoms with Crippen LogP contribution in [-0.4, -0.2) is 61.6 Å². The Morgan fingerprint density at radius 3 is 2.79 bits per heavy atom. The molecule has 9 nitrogen and oxygen atoms in total. The van der Waals surface area contributed by atoms with Gasteiger partial charge in [-0.05, 0) is 38.5 Å². The number of halogens is 1.